The minimum atomic E-state index is -0.444. The lowest BCUT2D eigenvalue weighted by Crippen LogP contribution is -2.29. The molecule has 1 aromatic heterocycles. The number of anilines is 2. The third-order valence-electron chi connectivity index (χ3n) is 7.16. The van der Waals surface area contributed by atoms with E-state index in [9.17, 15) is 14.9 Å². The van der Waals surface area contributed by atoms with Gasteiger partial charge in [-0.1, -0.05) is 42.5 Å². The third kappa shape index (κ3) is 7.03. The van der Waals surface area contributed by atoms with Crippen LogP contribution >= 0.6 is 23.1 Å². The van der Waals surface area contributed by atoms with Gasteiger partial charge in [-0.25, -0.2) is 0 Å². The molecule has 1 atom stereocenters. The Kier molecular flexibility index (Phi) is 9.67. The molecule has 3 aromatic carbocycles. The van der Waals surface area contributed by atoms with E-state index in [1.807, 2.05) is 43.3 Å². The lowest BCUT2D eigenvalue weighted by molar-refractivity contribution is -0.115. The van der Waals surface area contributed by atoms with Crippen molar-refractivity contribution in [2.45, 2.75) is 36.6 Å². The summed E-state index contributed by atoms with van der Waals surface area (Å²) in [6, 6.07) is 25.1. The maximum atomic E-state index is 13.2. The van der Waals surface area contributed by atoms with E-state index in [1.165, 1.54) is 42.9 Å². The van der Waals surface area contributed by atoms with Crippen LogP contribution in [0.5, 0.6) is 11.5 Å². The number of nitrogens with zero attached hydrogens (tertiary/aromatic N) is 2. The quantitative estimate of drug-likeness (QED) is 0.195. The summed E-state index contributed by atoms with van der Waals surface area (Å²) < 4.78 is 10.7. The Bertz CT molecular complexity index is 1640. The van der Waals surface area contributed by atoms with E-state index in [0.717, 1.165) is 41.4 Å². The smallest absolute Gasteiger partial charge is 0.263 e. The van der Waals surface area contributed by atoms with E-state index < -0.39 is 5.25 Å². The Balaban J connectivity index is 1.23. The number of hydrogen-bond acceptors (Lipinski definition) is 8. The van der Waals surface area contributed by atoms with Crippen molar-refractivity contribution >= 4 is 45.6 Å². The first kappa shape index (κ1) is 30.2. The molecule has 4 aromatic rings. The average Bonchev–Trinajstić information content (AvgIpc) is 3.37. The molecule has 0 fully saturated rings. The fraction of sp³-hybridized carbons (Fsp3) is 0.242. The highest BCUT2D eigenvalue weighted by Crippen LogP contribution is 2.38. The van der Waals surface area contributed by atoms with Gasteiger partial charge in [0.05, 0.1) is 25.0 Å². The summed E-state index contributed by atoms with van der Waals surface area (Å²) in [5, 5.41) is 16.0. The fourth-order valence-corrected chi connectivity index (χ4v) is 7.20. The van der Waals surface area contributed by atoms with Crippen molar-refractivity contribution in [2.75, 3.05) is 31.4 Å². The van der Waals surface area contributed by atoms with Gasteiger partial charge < -0.3 is 20.1 Å². The highest BCUT2D eigenvalue weighted by Gasteiger charge is 2.26. The van der Waals surface area contributed by atoms with Gasteiger partial charge in [0, 0.05) is 35.1 Å². The summed E-state index contributed by atoms with van der Waals surface area (Å²) in [6.45, 7) is 4.29. The van der Waals surface area contributed by atoms with Gasteiger partial charge in [-0.15, -0.1) is 23.1 Å². The lowest BCUT2D eigenvalue weighted by atomic mass is 10.0. The molecule has 43 heavy (non-hydrogen) atoms. The molecule has 5 rings (SSSR count). The molecule has 2 amide bonds. The van der Waals surface area contributed by atoms with Crippen LogP contribution < -0.4 is 20.1 Å². The minimum absolute atomic E-state index is 0.186. The van der Waals surface area contributed by atoms with Crippen molar-refractivity contribution < 1.29 is 19.1 Å². The van der Waals surface area contributed by atoms with Gasteiger partial charge in [0.2, 0.25) is 5.91 Å². The molecule has 0 saturated carbocycles. The second-order valence-electron chi connectivity index (χ2n) is 10.0. The molecule has 0 bridgehead atoms. The molecular formula is C33H32N4O4S2. The zero-order valence-electron chi connectivity index (χ0n) is 24.2. The van der Waals surface area contributed by atoms with Crippen LogP contribution in [-0.4, -0.2) is 42.7 Å². The molecule has 1 aliphatic rings. The number of rotatable bonds is 10. The van der Waals surface area contributed by atoms with E-state index in [4.69, 9.17) is 9.47 Å². The van der Waals surface area contributed by atoms with E-state index >= 15 is 0 Å². The summed E-state index contributed by atoms with van der Waals surface area (Å²) in [6.07, 6.45) is 0.779. The second kappa shape index (κ2) is 13.8. The third-order valence-corrected chi connectivity index (χ3v) is 9.39. The van der Waals surface area contributed by atoms with Gasteiger partial charge in [-0.2, -0.15) is 5.26 Å². The van der Waals surface area contributed by atoms with Crippen LogP contribution in [0.4, 0.5) is 10.7 Å². The number of hydrogen-bond donors (Lipinski definition) is 2. The Morgan fingerprint density at radius 3 is 2.44 bits per heavy atom. The predicted molar refractivity (Wildman–Crippen MR) is 171 cm³/mol. The first-order valence-electron chi connectivity index (χ1n) is 13.8. The van der Waals surface area contributed by atoms with Crippen molar-refractivity contribution in [2.24, 2.45) is 0 Å². The second-order valence-corrected chi connectivity index (χ2v) is 12.6. The molecule has 0 spiro atoms. The molecule has 8 nitrogen and oxygen atoms in total. The van der Waals surface area contributed by atoms with Gasteiger partial charge in [0.25, 0.3) is 5.91 Å². The van der Waals surface area contributed by atoms with Crippen molar-refractivity contribution in [3.05, 3.63) is 99.9 Å². The van der Waals surface area contributed by atoms with Crippen LogP contribution in [0.1, 0.15) is 38.8 Å². The average molecular weight is 613 g/mol. The van der Waals surface area contributed by atoms with E-state index in [0.29, 0.717) is 33.3 Å². The van der Waals surface area contributed by atoms with Gasteiger partial charge in [-0.3, -0.25) is 14.5 Å². The lowest BCUT2D eigenvalue weighted by Gasteiger charge is -2.26. The van der Waals surface area contributed by atoms with Crippen molar-refractivity contribution in [1.29, 1.82) is 5.26 Å². The number of thiophene rings is 1. The van der Waals surface area contributed by atoms with Gasteiger partial charge in [-0.05, 0) is 54.8 Å². The number of fused-ring (bicyclic) bond motifs is 1. The van der Waals surface area contributed by atoms with Gasteiger partial charge in [0.15, 0.2) is 0 Å². The van der Waals surface area contributed by atoms with Gasteiger partial charge in [0.1, 0.15) is 28.1 Å². The number of ether oxygens (including phenoxy) is 2. The largest absolute Gasteiger partial charge is 0.496 e. The summed E-state index contributed by atoms with van der Waals surface area (Å²) in [5.74, 6) is 0.261. The van der Waals surface area contributed by atoms with Crippen LogP contribution in [0.3, 0.4) is 0 Å². The highest BCUT2D eigenvalue weighted by molar-refractivity contribution is 8.00. The van der Waals surface area contributed by atoms with E-state index in [1.54, 1.807) is 24.3 Å². The minimum Gasteiger partial charge on any atom is -0.496 e. The molecule has 2 N–H and O–H groups in total. The molecule has 0 aliphatic carbocycles. The summed E-state index contributed by atoms with van der Waals surface area (Å²) in [7, 11) is 3.00. The van der Waals surface area contributed by atoms with Crippen LogP contribution in [-0.2, 0) is 24.3 Å². The van der Waals surface area contributed by atoms with Crippen LogP contribution in [0.15, 0.2) is 77.7 Å². The van der Waals surface area contributed by atoms with E-state index in [2.05, 4.69) is 33.7 Å². The van der Waals surface area contributed by atoms with Crippen LogP contribution in [0.2, 0.25) is 0 Å². The first-order chi connectivity index (χ1) is 20.9. The Morgan fingerprint density at radius 1 is 1.02 bits per heavy atom. The Hall–Kier alpha value is -4.30. The maximum Gasteiger partial charge on any atom is 0.263 e. The number of benzene rings is 3. The molecule has 0 saturated heterocycles. The Morgan fingerprint density at radius 2 is 1.74 bits per heavy atom. The molecule has 10 heteroatoms. The maximum absolute atomic E-state index is 13.2. The number of thioether (sulfide) groups is 1. The molecular weight excluding hydrogens is 581 g/mol. The van der Waals surface area contributed by atoms with Gasteiger partial charge >= 0.3 is 0 Å². The number of methoxy groups -OCH3 is 2. The van der Waals surface area contributed by atoms with Crippen LogP contribution in [0, 0.1) is 11.3 Å². The molecule has 2 heterocycles. The van der Waals surface area contributed by atoms with E-state index in [-0.39, 0.29) is 11.8 Å². The predicted octanol–water partition coefficient (Wildman–Crippen LogP) is 6.57. The topological polar surface area (TPSA) is 104 Å². The molecule has 0 radical (unpaired) electrons. The number of carbonyl (C=O) groups is 2. The highest BCUT2D eigenvalue weighted by atomic mass is 32.2. The normalized spacial score (nSPS) is 13.3. The number of amides is 2. The van der Waals surface area contributed by atoms with Crippen molar-refractivity contribution in [3.8, 4) is 17.6 Å². The number of nitrogens with one attached hydrogen (secondary N) is 2. The summed E-state index contributed by atoms with van der Waals surface area (Å²) in [5.41, 5.74) is 3.75. The molecule has 1 aliphatic heterocycles. The monoisotopic (exact) mass is 612 g/mol. The SMILES string of the molecule is COc1cccc(OC)c1C(=O)Nc1cccc(SC(C)C(=O)Nc2sc3c(c2C#N)CCN(Cc2ccccc2)C3)c1. The first-order valence-corrected chi connectivity index (χ1v) is 15.5. The van der Waals surface area contributed by atoms with Crippen molar-refractivity contribution in [3.63, 3.8) is 0 Å². The molecule has 220 valence electrons. The van der Waals surface area contributed by atoms with Crippen molar-refractivity contribution in [1.82, 2.24) is 4.90 Å². The number of nitriles is 1. The zero-order valence-corrected chi connectivity index (χ0v) is 25.8. The fourth-order valence-electron chi connectivity index (χ4n) is 5.03. The van der Waals surface area contributed by atoms with Crippen LogP contribution in [0.25, 0.3) is 0 Å². The zero-order chi connectivity index (χ0) is 30.3. The summed E-state index contributed by atoms with van der Waals surface area (Å²) >= 11 is 2.87. The number of carbonyl (C=O) groups excluding carboxylic acids is 2. The Labute approximate surface area is 259 Å². The summed E-state index contributed by atoms with van der Waals surface area (Å²) in [4.78, 5) is 30.7. The standard InChI is InChI=1S/C33H32N4O4S2/c1-21(42-24-12-7-11-23(17-24)35-32(39)30-27(40-2)13-8-14-28(30)41-3)31(38)36-33-26(18-34)25-15-16-37(20-29(25)43-33)19-22-9-5-4-6-10-22/h4-14,17,21H,15-16,19-20H2,1-3H3,(H,35,39)(H,36,38). The molecule has 1 unspecified atom stereocenters.